The molecule has 0 bridgehead atoms. The molecule has 2 heterocycles. The Hall–Kier alpha value is -1.97. The van der Waals surface area contributed by atoms with Gasteiger partial charge in [0, 0.05) is 30.9 Å². The smallest absolute Gasteiger partial charge is 0.237 e. The van der Waals surface area contributed by atoms with Crippen LogP contribution in [0.2, 0.25) is 0 Å². The molecule has 1 saturated carbocycles. The van der Waals surface area contributed by atoms with Crippen LogP contribution in [0.5, 0.6) is 0 Å². The van der Waals surface area contributed by atoms with E-state index in [9.17, 15) is 4.79 Å². The van der Waals surface area contributed by atoms with Crippen molar-refractivity contribution in [3.05, 3.63) is 29.6 Å². The second kappa shape index (κ2) is 5.80. The highest BCUT2D eigenvalue weighted by Gasteiger charge is 2.42. The summed E-state index contributed by atoms with van der Waals surface area (Å²) in [6, 6.07) is 4.15. The van der Waals surface area contributed by atoms with E-state index >= 15 is 0 Å². The van der Waals surface area contributed by atoms with Crippen molar-refractivity contribution in [2.24, 2.45) is 17.6 Å². The lowest BCUT2D eigenvalue weighted by molar-refractivity contribution is -0.133. The molecule has 0 aromatic carbocycles. The topological polar surface area (TPSA) is 104 Å². The molecule has 4 unspecified atom stereocenters. The molecule has 1 saturated heterocycles. The molecule has 2 fully saturated rings. The van der Waals surface area contributed by atoms with Gasteiger partial charge >= 0.3 is 0 Å². The van der Waals surface area contributed by atoms with Crippen molar-refractivity contribution in [1.82, 2.24) is 15.8 Å². The van der Waals surface area contributed by atoms with Crippen molar-refractivity contribution in [1.29, 1.82) is 5.26 Å². The van der Waals surface area contributed by atoms with Gasteiger partial charge in [-0.15, -0.1) is 0 Å². The van der Waals surface area contributed by atoms with Crippen LogP contribution in [0.4, 0.5) is 0 Å². The van der Waals surface area contributed by atoms with Gasteiger partial charge in [0.2, 0.25) is 5.91 Å². The summed E-state index contributed by atoms with van der Waals surface area (Å²) in [5, 5.41) is 8.99. The van der Waals surface area contributed by atoms with Crippen molar-refractivity contribution in [3.63, 3.8) is 0 Å². The highest BCUT2D eigenvalue weighted by Crippen LogP contribution is 2.42. The number of hydrazine groups is 1. The number of nitrogens with zero attached hydrogens (tertiary/aromatic N) is 2. The van der Waals surface area contributed by atoms with Crippen LogP contribution in [0.25, 0.3) is 0 Å². The minimum Gasteiger partial charge on any atom is -0.329 e. The Kier molecular flexibility index (Phi) is 3.86. The van der Waals surface area contributed by atoms with E-state index in [0.29, 0.717) is 18.0 Å². The molecule has 0 spiro atoms. The Morgan fingerprint density at radius 1 is 1.43 bits per heavy atom. The molecule has 1 amide bonds. The summed E-state index contributed by atoms with van der Waals surface area (Å²) >= 11 is 0. The molecule has 6 nitrogen and oxygen atoms in total. The van der Waals surface area contributed by atoms with Gasteiger partial charge in [-0.25, -0.2) is 5.43 Å². The van der Waals surface area contributed by atoms with E-state index in [4.69, 9.17) is 11.0 Å². The van der Waals surface area contributed by atoms with Crippen LogP contribution in [0.1, 0.15) is 36.3 Å². The number of amides is 1. The predicted molar refractivity (Wildman–Crippen MR) is 76.6 cm³/mol. The number of fused-ring (bicyclic) bond motifs is 1. The lowest BCUT2D eigenvalue weighted by Gasteiger charge is -2.43. The number of pyridine rings is 1. The standard InChI is InChI=1S/C15H19N5O/c16-5-9-3-11(8-18-7-9)10-1-2-12-13(4-10)14(6-17)19-20-15(12)21/h3,7-8,10,12-14,19H,1-2,4,6,17H2,(H,20,21). The molecule has 110 valence electrons. The van der Waals surface area contributed by atoms with Gasteiger partial charge in [-0.05, 0) is 42.7 Å². The molecular formula is C15H19N5O. The molecule has 21 heavy (non-hydrogen) atoms. The van der Waals surface area contributed by atoms with Crippen LogP contribution in [0, 0.1) is 23.2 Å². The maximum atomic E-state index is 12.0. The molecular weight excluding hydrogens is 266 g/mol. The maximum Gasteiger partial charge on any atom is 0.237 e. The first-order valence-corrected chi connectivity index (χ1v) is 7.33. The number of nitrogens with one attached hydrogen (secondary N) is 2. The first-order valence-electron chi connectivity index (χ1n) is 7.33. The normalized spacial score (nSPS) is 31.9. The Labute approximate surface area is 123 Å². The first kappa shape index (κ1) is 14.0. The van der Waals surface area contributed by atoms with Gasteiger partial charge in [0.15, 0.2) is 0 Å². The Morgan fingerprint density at radius 3 is 3.05 bits per heavy atom. The second-order valence-electron chi connectivity index (χ2n) is 5.87. The average Bonchev–Trinajstić information content (AvgIpc) is 2.55. The summed E-state index contributed by atoms with van der Waals surface area (Å²) in [6.45, 7) is 0.505. The van der Waals surface area contributed by atoms with Crippen LogP contribution < -0.4 is 16.6 Å². The van der Waals surface area contributed by atoms with Gasteiger partial charge in [-0.3, -0.25) is 15.2 Å². The van der Waals surface area contributed by atoms with Crippen molar-refractivity contribution in [2.75, 3.05) is 6.54 Å². The fourth-order valence-electron chi connectivity index (χ4n) is 3.62. The quantitative estimate of drug-likeness (QED) is 0.730. The van der Waals surface area contributed by atoms with Crippen LogP contribution >= 0.6 is 0 Å². The largest absolute Gasteiger partial charge is 0.329 e. The van der Waals surface area contributed by atoms with E-state index < -0.39 is 0 Å². The summed E-state index contributed by atoms with van der Waals surface area (Å²) in [6.07, 6.45) is 6.12. The fourth-order valence-corrected chi connectivity index (χ4v) is 3.62. The molecule has 4 atom stereocenters. The molecule has 2 aliphatic rings. The molecule has 1 aromatic heterocycles. The fraction of sp³-hybridized carbons (Fsp3) is 0.533. The average molecular weight is 285 g/mol. The number of carbonyl (C=O) groups excluding carboxylic acids is 1. The molecule has 1 aliphatic carbocycles. The third-order valence-corrected chi connectivity index (χ3v) is 4.75. The third-order valence-electron chi connectivity index (χ3n) is 4.75. The number of nitriles is 1. The van der Waals surface area contributed by atoms with Gasteiger partial charge in [0.1, 0.15) is 6.07 Å². The number of aromatic nitrogens is 1. The van der Waals surface area contributed by atoms with Gasteiger partial charge in [0.25, 0.3) is 0 Å². The maximum absolute atomic E-state index is 12.0. The van der Waals surface area contributed by atoms with E-state index in [1.165, 1.54) is 0 Å². The summed E-state index contributed by atoms with van der Waals surface area (Å²) in [7, 11) is 0. The van der Waals surface area contributed by atoms with E-state index in [1.807, 2.05) is 12.3 Å². The zero-order valence-electron chi connectivity index (χ0n) is 11.7. The van der Waals surface area contributed by atoms with Gasteiger partial charge in [-0.1, -0.05) is 0 Å². The minimum absolute atomic E-state index is 0.0446. The summed E-state index contributed by atoms with van der Waals surface area (Å²) in [5.41, 5.74) is 13.2. The van der Waals surface area contributed by atoms with Crippen molar-refractivity contribution in [2.45, 2.75) is 31.2 Å². The minimum atomic E-state index is 0.0446. The van der Waals surface area contributed by atoms with Gasteiger partial charge in [-0.2, -0.15) is 5.26 Å². The number of carbonyl (C=O) groups is 1. The van der Waals surface area contributed by atoms with E-state index in [0.717, 1.165) is 24.8 Å². The van der Waals surface area contributed by atoms with Crippen LogP contribution in [0.15, 0.2) is 18.5 Å². The zero-order chi connectivity index (χ0) is 14.8. The molecule has 0 radical (unpaired) electrons. The third kappa shape index (κ3) is 2.62. The van der Waals surface area contributed by atoms with Gasteiger partial charge in [0.05, 0.1) is 5.56 Å². The molecule has 4 N–H and O–H groups in total. The molecule has 1 aliphatic heterocycles. The Bertz CT molecular complexity index is 582. The molecule has 1 aromatic rings. The number of hydrogen-bond donors (Lipinski definition) is 3. The van der Waals surface area contributed by atoms with Crippen LogP contribution in [-0.4, -0.2) is 23.5 Å². The first-order chi connectivity index (χ1) is 10.2. The van der Waals surface area contributed by atoms with Crippen LogP contribution in [0.3, 0.4) is 0 Å². The van der Waals surface area contributed by atoms with E-state index in [2.05, 4.69) is 21.9 Å². The van der Waals surface area contributed by atoms with Crippen molar-refractivity contribution in [3.8, 4) is 6.07 Å². The molecule has 6 heteroatoms. The van der Waals surface area contributed by atoms with Gasteiger partial charge < -0.3 is 5.73 Å². The zero-order valence-corrected chi connectivity index (χ0v) is 11.7. The summed E-state index contributed by atoms with van der Waals surface area (Å²) in [4.78, 5) is 16.1. The van der Waals surface area contributed by atoms with E-state index in [-0.39, 0.29) is 23.8 Å². The Morgan fingerprint density at radius 2 is 2.29 bits per heavy atom. The second-order valence-corrected chi connectivity index (χ2v) is 5.87. The lowest BCUT2D eigenvalue weighted by Crippen LogP contribution is -2.62. The summed E-state index contributed by atoms with van der Waals surface area (Å²) < 4.78 is 0. The SMILES string of the molecule is N#Cc1cncc(C2CCC3C(=O)NNC(CN)C3C2)c1. The summed E-state index contributed by atoms with van der Waals surface area (Å²) in [5.74, 6) is 0.706. The van der Waals surface area contributed by atoms with E-state index in [1.54, 1.807) is 6.20 Å². The lowest BCUT2D eigenvalue weighted by atomic mass is 9.68. The van der Waals surface area contributed by atoms with Crippen LogP contribution in [-0.2, 0) is 4.79 Å². The molecule has 3 rings (SSSR count). The number of hydrogen-bond acceptors (Lipinski definition) is 5. The van der Waals surface area contributed by atoms with Crippen molar-refractivity contribution >= 4 is 5.91 Å². The number of nitrogens with two attached hydrogens (primary N) is 1. The monoisotopic (exact) mass is 285 g/mol. The van der Waals surface area contributed by atoms with Crippen molar-refractivity contribution < 1.29 is 4.79 Å². The number of rotatable bonds is 2. The predicted octanol–water partition coefficient (Wildman–Crippen LogP) is 0.415. The highest BCUT2D eigenvalue weighted by atomic mass is 16.2. The Balaban J connectivity index is 1.81. The highest BCUT2D eigenvalue weighted by molar-refractivity contribution is 5.79.